The Kier molecular flexibility index (Phi) is 4.61. The minimum absolute atomic E-state index is 0.155. The van der Waals surface area contributed by atoms with E-state index in [1.54, 1.807) is 24.3 Å². The van der Waals surface area contributed by atoms with Crippen LogP contribution in [-0.4, -0.2) is 44.6 Å². The van der Waals surface area contributed by atoms with Gasteiger partial charge in [-0.1, -0.05) is 46.8 Å². The van der Waals surface area contributed by atoms with Crippen molar-refractivity contribution in [2.45, 2.75) is 22.6 Å². The van der Waals surface area contributed by atoms with Gasteiger partial charge < -0.3 is 10.1 Å². The number of rotatable bonds is 4. The molecule has 10 heteroatoms. The third kappa shape index (κ3) is 3.09. The van der Waals surface area contributed by atoms with Crippen LogP contribution in [-0.2, 0) is 14.4 Å². The number of hydrogen-bond donors (Lipinski definition) is 2. The Labute approximate surface area is 166 Å². The lowest BCUT2D eigenvalue weighted by molar-refractivity contribution is -0.141. The molecule has 4 rings (SSSR count). The highest BCUT2D eigenvalue weighted by Crippen LogP contribution is 2.52. The Morgan fingerprint density at radius 1 is 1.19 bits per heavy atom. The van der Waals surface area contributed by atoms with E-state index in [4.69, 9.17) is 16.7 Å². The molecule has 0 bridgehead atoms. The number of carboxylic acids is 1. The van der Waals surface area contributed by atoms with Crippen molar-refractivity contribution in [2.75, 3.05) is 6.54 Å². The average molecular weight is 425 g/mol. The number of thiazole rings is 1. The molecular weight excluding hydrogens is 412 g/mol. The van der Waals surface area contributed by atoms with E-state index in [2.05, 4.69) is 4.98 Å². The summed E-state index contributed by atoms with van der Waals surface area (Å²) in [5.74, 6) is -3.02. The van der Waals surface area contributed by atoms with Crippen molar-refractivity contribution in [3.63, 3.8) is 0 Å². The molecule has 1 saturated heterocycles. The van der Waals surface area contributed by atoms with E-state index in [-0.39, 0.29) is 17.8 Å². The number of nitrogens with one attached hydrogen (secondary N) is 1. The Balaban J connectivity index is 1.79. The maximum absolute atomic E-state index is 13.0. The van der Waals surface area contributed by atoms with E-state index >= 15 is 0 Å². The second-order valence-corrected chi connectivity index (χ2v) is 8.88. The van der Waals surface area contributed by atoms with E-state index in [0.29, 0.717) is 10.0 Å². The average Bonchev–Trinajstić information content (AvgIpc) is 3.10. The summed E-state index contributed by atoms with van der Waals surface area (Å²) in [6, 6.07) is 6.97. The lowest BCUT2D eigenvalue weighted by Crippen LogP contribution is -2.33. The van der Waals surface area contributed by atoms with Gasteiger partial charge in [-0.3, -0.25) is 24.1 Å². The van der Waals surface area contributed by atoms with Gasteiger partial charge in [-0.2, -0.15) is 0 Å². The zero-order valence-electron chi connectivity index (χ0n) is 13.7. The van der Waals surface area contributed by atoms with Gasteiger partial charge >= 0.3 is 10.8 Å². The number of hydrogen-bond acceptors (Lipinski definition) is 6. The molecule has 0 aliphatic carbocycles. The van der Waals surface area contributed by atoms with Crippen molar-refractivity contribution in [1.29, 1.82) is 0 Å². The number of benzene rings is 1. The summed E-state index contributed by atoms with van der Waals surface area (Å²) < 4.78 is 0. The minimum atomic E-state index is -1.07. The predicted molar refractivity (Wildman–Crippen MR) is 100 cm³/mol. The van der Waals surface area contributed by atoms with Crippen LogP contribution in [0.4, 0.5) is 0 Å². The fourth-order valence-corrected chi connectivity index (χ4v) is 6.19. The number of halogens is 1. The van der Waals surface area contributed by atoms with Gasteiger partial charge in [-0.25, -0.2) is 0 Å². The van der Waals surface area contributed by atoms with E-state index < -0.39 is 34.9 Å². The SMILES string of the molecule is O=C(O)CCN1C(=O)[C@H]2[C@H](c3ccc(Cl)cc3)c3sc(=O)[nH]c3S[C@H]2C1=O. The van der Waals surface area contributed by atoms with Gasteiger partial charge in [0.1, 0.15) is 5.25 Å². The zero-order valence-corrected chi connectivity index (χ0v) is 16.1. The van der Waals surface area contributed by atoms with Crippen LogP contribution >= 0.6 is 34.7 Å². The molecule has 7 nitrogen and oxygen atoms in total. The van der Waals surface area contributed by atoms with Crippen LogP contribution < -0.4 is 4.87 Å². The molecule has 1 fully saturated rings. The van der Waals surface area contributed by atoms with Crippen LogP contribution in [0.5, 0.6) is 0 Å². The molecule has 3 atom stereocenters. The monoisotopic (exact) mass is 424 g/mol. The highest BCUT2D eigenvalue weighted by Gasteiger charge is 2.55. The van der Waals surface area contributed by atoms with Gasteiger partial charge in [0.25, 0.3) is 0 Å². The topological polar surface area (TPSA) is 108 Å². The first kappa shape index (κ1) is 18.3. The van der Waals surface area contributed by atoms with Crippen molar-refractivity contribution in [3.05, 3.63) is 49.4 Å². The summed E-state index contributed by atoms with van der Waals surface area (Å²) in [5, 5.41) is 9.34. The van der Waals surface area contributed by atoms with Crippen molar-refractivity contribution in [3.8, 4) is 0 Å². The maximum atomic E-state index is 13.0. The maximum Gasteiger partial charge on any atom is 0.305 e. The number of fused-ring (bicyclic) bond motifs is 2. The van der Waals surface area contributed by atoms with Gasteiger partial charge in [0, 0.05) is 22.4 Å². The van der Waals surface area contributed by atoms with Crippen LogP contribution in [0.1, 0.15) is 22.8 Å². The zero-order chi connectivity index (χ0) is 19.3. The van der Waals surface area contributed by atoms with Crippen LogP contribution in [0.3, 0.4) is 0 Å². The number of aromatic nitrogens is 1. The summed E-state index contributed by atoms with van der Waals surface area (Å²) in [6.07, 6.45) is -0.300. The first-order valence-corrected chi connectivity index (χ1v) is 10.2. The third-order valence-electron chi connectivity index (χ3n) is 4.69. The third-order valence-corrected chi connectivity index (χ3v) is 7.35. The lowest BCUT2D eigenvalue weighted by atomic mass is 9.83. The predicted octanol–water partition coefficient (Wildman–Crippen LogP) is 2.16. The Morgan fingerprint density at radius 2 is 1.89 bits per heavy atom. The standard InChI is InChI=1S/C17H13ClN2O5S2/c18-8-3-1-7(2-4-8)10-11-13(26-14-12(10)27-17(25)19-14)16(24)20(15(11)23)6-5-9(21)22/h1-4,10-11,13H,5-6H2,(H,19,25)(H,21,22)/t10-,11-,13+/m0/s1. The van der Waals surface area contributed by atoms with Crippen molar-refractivity contribution in [2.24, 2.45) is 5.92 Å². The van der Waals surface area contributed by atoms with Crippen LogP contribution in [0.15, 0.2) is 34.1 Å². The van der Waals surface area contributed by atoms with E-state index in [0.717, 1.165) is 26.7 Å². The molecule has 27 heavy (non-hydrogen) atoms. The molecule has 2 aromatic rings. The molecule has 1 aromatic heterocycles. The summed E-state index contributed by atoms with van der Waals surface area (Å²) in [7, 11) is 0. The van der Waals surface area contributed by atoms with Crippen molar-refractivity contribution < 1.29 is 19.5 Å². The quantitative estimate of drug-likeness (QED) is 0.728. The molecular formula is C17H13ClN2O5S2. The minimum Gasteiger partial charge on any atom is -0.481 e. The number of carboxylic acid groups (broad SMARTS) is 1. The molecule has 0 unspecified atom stereocenters. The smallest absolute Gasteiger partial charge is 0.305 e. The molecule has 0 radical (unpaired) electrons. The van der Waals surface area contributed by atoms with Gasteiger partial charge in [0.2, 0.25) is 11.8 Å². The number of carbonyl (C=O) groups is 3. The molecule has 3 heterocycles. The largest absolute Gasteiger partial charge is 0.481 e. The Morgan fingerprint density at radius 3 is 2.56 bits per heavy atom. The van der Waals surface area contributed by atoms with E-state index in [1.807, 2.05) is 0 Å². The van der Waals surface area contributed by atoms with Crippen molar-refractivity contribution >= 4 is 52.5 Å². The first-order chi connectivity index (χ1) is 12.9. The fraction of sp³-hybridized carbons (Fsp3) is 0.294. The normalized spacial score (nSPS) is 24.0. The second-order valence-electron chi connectivity index (χ2n) is 6.27. The number of imide groups is 1. The van der Waals surface area contributed by atoms with Crippen LogP contribution in [0.2, 0.25) is 5.02 Å². The Hall–Kier alpha value is -2.10. The van der Waals surface area contributed by atoms with E-state index in [1.165, 1.54) is 11.8 Å². The van der Waals surface area contributed by atoms with Gasteiger partial charge in [-0.05, 0) is 17.7 Å². The van der Waals surface area contributed by atoms with Crippen LogP contribution in [0, 0.1) is 5.92 Å². The molecule has 1 aromatic carbocycles. The lowest BCUT2D eigenvalue weighted by Gasteiger charge is -2.29. The molecule has 140 valence electrons. The summed E-state index contributed by atoms with van der Waals surface area (Å²) in [4.78, 5) is 52.8. The number of nitrogens with zero attached hydrogens (tertiary/aromatic N) is 1. The molecule has 2 amide bonds. The molecule has 2 N–H and O–H groups in total. The number of H-pyrrole nitrogens is 1. The highest BCUT2D eigenvalue weighted by atomic mass is 35.5. The van der Waals surface area contributed by atoms with Gasteiger partial charge in [0.05, 0.1) is 17.4 Å². The highest BCUT2D eigenvalue weighted by molar-refractivity contribution is 8.00. The second kappa shape index (κ2) is 6.81. The molecule has 0 saturated carbocycles. The first-order valence-electron chi connectivity index (χ1n) is 8.09. The number of amides is 2. The summed E-state index contributed by atoms with van der Waals surface area (Å²) in [5.41, 5.74) is 0.785. The number of aromatic amines is 1. The van der Waals surface area contributed by atoms with Gasteiger partial charge in [-0.15, -0.1) is 0 Å². The van der Waals surface area contributed by atoms with E-state index in [9.17, 15) is 19.2 Å². The summed E-state index contributed by atoms with van der Waals surface area (Å²) in [6.45, 7) is -0.155. The molecule has 2 aliphatic heterocycles. The number of thioether (sulfide) groups is 1. The number of carbonyl (C=O) groups excluding carboxylic acids is 2. The van der Waals surface area contributed by atoms with Gasteiger partial charge in [0.15, 0.2) is 0 Å². The molecule has 0 spiro atoms. The number of aliphatic carboxylic acids is 1. The summed E-state index contributed by atoms with van der Waals surface area (Å²) >= 11 is 8.17. The number of likely N-dealkylation sites (tertiary alicyclic amines) is 1. The van der Waals surface area contributed by atoms with Crippen molar-refractivity contribution in [1.82, 2.24) is 9.88 Å². The Bertz CT molecular complexity index is 999. The molecule has 2 aliphatic rings. The van der Waals surface area contributed by atoms with Crippen LogP contribution in [0.25, 0.3) is 0 Å². The fourth-order valence-electron chi connectivity index (χ4n) is 3.53.